The Morgan fingerprint density at radius 1 is 1.00 bits per heavy atom. The summed E-state index contributed by atoms with van der Waals surface area (Å²) in [5, 5.41) is 0. The molecule has 0 aromatic carbocycles. The fourth-order valence-corrected chi connectivity index (χ4v) is 1.19. The molecular formula is C13H25ClMgO2. The van der Waals surface area contributed by atoms with Gasteiger partial charge in [-0.1, -0.05) is 32.3 Å². The van der Waals surface area contributed by atoms with E-state index in [1.807, 2.05) is 0 Å². The second kappa shape index (κ2) is 21.9. The Labute approximate surface area is 129 Å². The molecule has 0 saturated carbocycles. The van der Waals surface area contributed by atoms with E-state index in [9.17, 15) is 0 Å². The van der Waals surface area contributed by atoms with Gasteiger partial charge in [-0.2, -0.15) is 6.42 Å². The summed E-state index contributed by atoms with van der Waals surface area (Å²) in [7, 11) is 0. The summed E-state index contributed by atoms with van der Waals surface area (Å²) in [6.45, 7) is 7.93. The molecule has 0 aliphatic carbocycles. The number of hydrogen-bond acceptors (Lipinski definition) is 2. The summed E-state index contributed by atoms with van der Waals surface area (Å²) < 4.78 is 10.6. The minimum Gasteiger partial charge on any atom is -1.00 e. The molecule has 0 saturated heterocycles. The van der Waals surface area contributed by atoms with Gasteiger partial charge in [0.1, 0.15) is 6.79 Å². The molecule has 98 valence electrons. The average Bonchev–Trinajstić information content (AvgIpc) is 2.26. The molecule has 0 heterocycles. The molecule has 0 bridgehead atoms. The monoisotopic (exact) mass is 272 g/mol. The van der Waals surface area contributed by atoms with Gasteiger partial charge in [-0.3, -0.25) is 0 Å². The van der Waals surface area contributed by atoms with E-state index in [1.54, 1.807) is 0 Å². The third-order valence-corrected chi connectivity index (χ3v) is 2.07. The van der Waals surface area contributed by atoms with E-state index >= 15 is 0 Å². The zero-order chi connectivity index (χ0) is 11.2. The van der Waals surface area contributed by atoms with E-state index in [-0.39, 0.29) is 35.5 Å². The van der Waals surface area contributed by atoms with Crippen LogP contribution in [-0.4, -0.2) is 43.1 Å². The molecule has 0 rings (SSSR count). The summed E-state index contributed by atoms with van der Waals surface area (Å²) in [6.07, 6.45) is 10.9. The number of ether oxygens (including phenoxy) is 2. The van der Waals surface area contributed by atoms with E-state index in [2.05, 4.69) is 26.0 Å². The molecule has 0 aromatic heterocycles. The number of rotatable bonds is 11. The van der Waals surface area contributed by atoms with Crippen LogP contribution >= 0.6 is 0 Å². The molecule has 0 unspecified atom stereocenters. The average molecular weight is 273 g/mol. The zero-order valence-electron chi connectivity index (χ0n) is 11.1. The van der Waals surface area contributed by atoms with Crippen molar-refractivity contribution in [3.05, 3.63) is 19.1 Å². The number of unbranched alkanes of at least 4 members (excludes halogenated alkanes) is 3. The fourth-order valence-electron chi connectivity index (χ4n) is 1.19. The maximum absolute atomic E-state index is 5.33. The van der Waals surface area contributed by atoms with Gasteiger partial charge in [-0.25, -0.2) is 0 Å². The van der Waals surface area contributed by atoms with E-state index in [4.69, 9.17) is 9.47 Å². The van der Waals surface area contributed by atoms with Crippen molar-refractivity contribution in [2.24, 2.45) is 0 Å². The largest absolute Gasteiger partial charge is 2.00 e. The quantitative estimate of drug-likeness (QED) is 0.178. The van der Waals surface area contributed by atoms with Gasteiger partial charge < -0.3 is 28.8 Å². The third-order valence-electron chi connectivity index (χ3n) is 2.07. The Kier molecular flexibility index (Phi) is 29.5. The molecular weight excluding hydrogens is 248 g/mol. The number of halogens is 1. The van der Waals surface area contributed by atoms with Gasteiger partial charge in [0.25, 0.3) is 0 Å². The second-order valence-corrected chi connectivity index (χ2v) is 3.54. The van der Waals surface area contributed by atoms with Crippen LogP contribution in [0.2, 0.25) is 0 Å². The summed E-state index contributed by atoms with van der Waals surface area (Å²) in [6, 6.07) is 0. The first-order valence-corrected chi connectivity index (χ1v) is 6.01. The van der Waals surface area contributed by atoms with Gasteiger partial charge in [0.05, 0.1) is 6.61 Å². The van der Waals surface area contributed by atoms with Crippen molar-refractivity contribution in [1.29, 1.82) is 0 Å². The minimum absolute atomic E-state index is 0. The molecule has 0 amide bonds. The first kappa shape index (κ1) is 22.9. The maximum atomic E-state index is 5.33. The first-order chi connectivity index (χ1) is 7.41. The molecule has 0 fully saturated rings. The van der Waals surface area contributed by atoms with E-state index in [0.717, 1.165) is 32.5 Å². The van der Waals surface area contributed by atoms with Crippen molar-refractivity contribution in [2.75, 3.05) is 20.0 Å². The molecule has 0 atom stereocenters. The van der Waals surface area contributed by atoms with Crippen LogP contribution in [0, 0.1) is 6.92 Å². The Hall–Kier alpha value is 0.716. The van der Waals surface area contributed by atoms with Crippen molar-refractivity contribution >= 4 is 23.1 Å². The van der Waals surface area contributed by atoms with Crippen molar-refractivity contribution < 1.29 is 21.9 Å². The topological polar surface area (TPSA) is 18.5 Å². The van der Waals surface area contributed by atoms with Gasteiger partial charge in [0.2, 0.25) is 0 Å². The summed E-state index contributed by atoms with van der Waals surface area (Å²) in [5.41, 5.74) is 0. The molecule has 0 radical (unpaired) electrons. The molecule has 2 nitrogen and oxygen atoms in total. The summed E-state index contributed by atoms with van der Waals surface area (Å²) in [5.74, 6) is 0. The van der Waals surface area contributed by atoms with Crippen molar-refractivity contribution in [1.82, 2.24) is 0 Å². The van der Waals surface area contributed by atoms with Crippen LogP contribution in [0.5, 0.6) is 0 Å². The Morgan fingerprint density at radius 3 is 2.35 bits per heavy atom. The molecule has 0 aliphatic heterocycles. The molecule has 0 spiro atoms. The summed E-state index contributed by atoms with van der Waals surface area (Å²) in [4.78, 5) is 0. The van der Waals surface area contributed by atoms with Crippen molar-refractivity contribution in [3.8, 4) is 0 Å². The van der Waals surface area contributed by atoms with Crippen LogP contribution in [-0.2, 0) is 9.47 Å². The van der Waals surface area contributed by atoms with Crippen molar-refractivity contribution in [2.45, 2.75) is 45.4 Å². The van der Waals surface area contributed by atoms with Crippen LogP contribution in [0.4, 0.5) is 0 Å². The van der Waals surface area contributed by atoms with Crippen LogP contribution < -0.4 is 12.4 Å². The van der Waals surface area contributed by atoms with Crippen LogP contribution in [0.3, 0.4) is 0 Å². The number of hydrogen-bond donors (Lipinski definition) is 0. The van der Waals surface area contributed by atoms with Crippen LogP contribution in [0.25, 0.3) is 0 Å². The van der Waals surface area contributed by atoms with Crippen molar-refractivity contribution in [3.63, 3.8) is 0 Å². The predicted octanol–water partition coefficient (Wildman–Crippen LogP) is 0.351. The standard InChI is InChI=1S/C13H25O2.ClH.Mg/c1-3-5-7-9-11-14-13-15-12-10-8-6-4-2;;/h5,7H,1,3-4,6,8-13H2,2H3;1H;/q-1;;+2/p-1/b7-5+;;. The Bertz CT molecular complexity index is 143. The Balaban J connectivity index is -0.000000980. The van der Waals surface area contributed by atoms with E-state index in [1.165, 1.54) is 19.3 Å². The van der Waals surface area contributed by atoms with Gasteiger partial charge in [-0.15, -0.1) is 6.08 Å². The minimum atomic E-state index is 0. The molecule has 0 aliphatic rings. The van der Waals surface area contributed by atoms with E-state index in [0.29, 0.717) is 6.79 Å². The molecule has 0 aromatic rings. The van der Waals surface area contributed by atoms with Gasteiger partial charge in [0, 0.05) is 6.61 Å². The van der Waals surface area contributed by atoms with Gasteiger partial charge >= 0.3 is 23.1 Å². The molecule has 17 heavy (non-hydrogen) atoms. The fraction of sp³-hybridized carbons (Fsp3) is 0.769. The predicted molar refractivity (Wildman–Crippen MR) is 70.4 cm³/mol. The molecule has 4 heteroatoms. The van der Waals surface area contributed by atoms with E-state index < -0.39 is 0 Å². The van der Waals surface area contributed by atoms with Gasteiger partial charge in [-0.05, 0) is 12.8 Å². The number of allylic oxidation sites excluding steroid dienone is 1. The maximum Gasteiger partial charge on any atom is 2.00 e. The first-order valence-electron chi connectivity index (χ1n) is 6.01. The van der Waals surface area contributed by atoms with Crippen LogP contribution in [0.1, 0.15) is 45.4 Å². The normalized spacial score (nSPS) is 10.0. The third kappa shape index (κ3) is 22.4. The Morgan fingerprint density at radius 2 is 1.71 bits per heavy atom. The SMILES string of the molecule is [CH2-]C/C=C/CCOCOCCCCCC.[Cl-].[Mg+2]. The van der Waals surface area contributed by atoms with Gasteiger partial charge in [0.15, 0.2) is 0 Å². The smallest absolute Gasteiger partial charge is 1.00 e. The molecule has 0 N–H and O–H groups in total. The van der Waals surface area contributed by atoms with Crippen LogP contribution in [0.15, 0.2) is 12.2 Å². The zero-order valence-corrected chi connectivity index (χ0v) is 13.3. The summed E-state index contributed by atoms with van der Waals surface area (Å²) >= 11 is 0. The second-order valence-electron chi connectivity index (χ2n) is 3.54.